The zero-order valence-electron chi connectivity index (χ0n) is 6.99. The molecule has 0 aromatic heterocycles. The van der Waals surface area contributed by atoms with Gasteiger partial charge < -0.3 is 0 Å². The van der Waals surface area contributed by atoms with Gasteiger partial charge in [-0.25, -0.2) is 10.6 Å². The molecule has 1 fully saturated rings. The molecule has 0 atom stereocenters. The summed E-state index contributed by atoms with van der Waals surface area (Å²) in [4.78, 5) is 10.7. The van der Waals surface area contributed by atoms with Crippen LogP contribution >= 0.6 is 0 Å². The minimum Gasteiger partial charge on any atom is -0.294 e. The van der Waals surface area contributed by atoms with Gasteiger partial charge in [0.1, 0.15) is 0 Å². The number of nitrogens with two attached hydrogens (primary N) is 1. The van der Waals surface area contributed by atoms with Gasteiger partial charge in [0.25, 0.3) is 10.2 Å². The monoisotopic (exact) mass is 208 g/mol. The van der Waals surface area contributed by atoms with Crippen LogP contribution in [-0.2, 0) is 15.0 Å². The van der Waals surface area contributed by atoms with Gasteiger partial charge in [-0.3, -0.25) is 10.2 Å². The highest BCUT2D eigenvalue weighted by Crippen LogP contribution is 2.04. The Morgan fingerprint density at radius 2 is 2.31 bits per heavy atom. The molecule has 0 aliphatic carbocycles. The van der Waals surface area contributed by atoms with Crippen LogP contribution in [0.5, 0.6) is 0 Å². The van der Waals surface area contributed by atoms with Gasteiger partial charge in [0, 0.05) is 26.1 Å². The fourth-order valence-corrected chi connectivity index (χ4v) is 2.24. The molecule has 0 aromatic rings. The van der Waals surface area contributed by atoms with E-state index in [9.17, 15) is 13.2 Å². The molecule has 1 heterocycles. The fraction of sp³-hybridized carbons (Fsp3) is 0.800. The number of carbonyl (C=O) groups is 1. The molecule has 7 nitrogen and oxygen atoms in total. The maximum Gasteiger partial charge on any atom is 0.279 e. The Morgan fingerprint density at radius 1 is 1.62 bits per heavy atom. The van der Waals surface area contributed by atoms with Gasteiger partial charge in [-0.05, 0) is 0 Å². The molecule has 13 heavy (non-hydrogen) atoms. The van der Waals surface area contributed by atoms with E-state index in [2.05, 4.69) is 4.72 Å². The predicted octanol–water partition coefficient (Wildman–Crippen LogP) is -2.48. The van der Waals surface area contributed by atoms with Crippen LogP contribution in [0.1, 0.15) is 6.42 Å². The SMILES string of the molecule is NNC(=O)CCN1CCNS1(=O)=O. The average molecular weight is 208 g/mol. The minimum absolute atomic E-state index is 0.0808. The van der Waals surface area contributed by atoms with Crippen molar-refractivity contribution in [3.63, 3.8) is 0 Å². The number of rotatable bonds is 3. The maximum atomic E-state index is 11.1. The third-order valence-corrected chi connectivity index (χ3v) is 3.35. The van der Waals surface area contributed by atoms with Crippen molar-refractivity contribution < 1.29 is 13.2 Å². The second-order valence-electron chi connectivity index (χ2n) is 2.62. The predicted molar refractivity (Wildman–Crippen MR) is 45.4 cm³/mol. The Bertz CT molecular complexity index is 288. The summed E-state index contributed by atoms with van der Waals surface area (Å²) >= 11 is 0. The summed E-state index contributed by atoms with van der Waals surface area (Å²) in [6, 6.07) is 0. The third kappa shape index (κ3) is 2.62. The van der Waals surface area contributed by atoms with Crippen molar-refractivity contribution in [1.29, 1.82) is 0 Å². The Balaban J connectivity index is 2.42. The van der Waals surface area contributed by atoms with Gasteiger partial charge in [0.2, 0.25) is 5.91 Å². The molecule has 0 unspecified atom stereocenters. The molecule has 8 heteroatoms. The van der Waals surface area contributed by atoms with E-state index in [1.165, 1.54) is 4.31 Å². The van der Waals surface area contributed by atoms with Gasteiger partial charge in [0.15, 0.2) is 0 Å². The number of hydrazine groups is 1. The summed E-state index contributed by atoms with van der Waals surface area (Å²) in [5, 5.41) is 0. The molecule has 1 saturated heterocycles. The van der Waals surface area contributed by atoms with Crippen LogP contribution < -0.4 is 16.0 Å². The molecule has 0 radical (unpaired) electrons. The molecule has 0 aromatic carbocycles. The molecule has 0 saturated carbocycles. The summed E-state index contributed by atoms with van der Waals surface area (Å²) in [6.07, 6.45) is 0.0808. The van der Waals surface area contributed by atoms with Crippen LogP contribution in [-0.4, -0.2) is 38.3 Å². The lowest BCUT2D eigenvalue weighted by atomic mass is 10.4. The largest absolute Gasteiger partial charge is 0.294 e. The summed E-state index contributed by atoms with van der Waals surface area (Å²) in [5.74, 6) is 4.47. The molecule has 1 amide bonds. The van der Waals surface area contributed by atoms with Gasteiger partial charge >= 0.3 is 0 Å². The number of hydrogen-bond acceptors (Lipinski definition) is 4. The zero-order chi connectivity index (χ0) is 9.90. The van der Waals surface area contributed by atoms with Crippen LogP contribution in [0.3, 0.4) is 0 Å². The first kappa shape index (κ1) is 10.4. The maximum absolute atomic E-state index is 11.1. The molecule has 0 spiro atoms. The highest BCUT2D eigenvalue weighted by molar-refractivity contribution is 7.87. The molecular formula is C5H12N4O3S. The van der Waals surface area contributed by atoms with Crippen LogP contribution in [0, 0.1) is 0 Å². The molecule has 0 bridgehead atoms. The number of hydrogen-bond donors (Lipinski definition) is 3. The van der Waals surface area contributed by atoms with Crippen LogP contribution in [0.25, 0.3) is 0 Å². The summed E-state index contributed by atoms with van der Waals surface area (Å²) < 4.78 is 25.8. The van der Waals surface area contributed by atoms with Crippen LogP contribution in [0.15, 0.2) is 0 Å². The van der Waals surface area contributed by atoms with Crippen molar-refractivity contribution in [1.82, 2.24) is 14.5 Å². The lowest BCUT2D eigenvalue weighted by Gasteiger charge is -2.11. The first-order valence-corrected chi connectivity index (χ1v) is 5.24. The van der Waals surface area contributed by atoms with E-state index >= 15 is 0 Å². The lowest BCUT2D eigenvalue weighted by molar-refractivity contribution is -0.121. The first-order chi connectivity index (χ1) is 6.06. The lowest BCUT2D eigenvalue weighted by Crippen LogP contribution is -2.36. The molecule has 76 valence electrons. The Kier molecular flexibility index (Phi) is 3.20. The standard InChI is InChI=1S/C5H12N4O3S/c6-8-5(10)1-3-9-4-2-7-13(9,11)12/h7H,1-4,6H2,(H,8,10). The van der Waals surface area contributed by atoms with Gasteiger partial charge in [-0.2, -0.15) is 12.7 Å². The topological polar surface area (TPSA) is 105 Å². The fourth-order valence-electron chi connectivity index (χ4n) is 1.04. The minimum atomic E-state index is -3.33. The van der Waals surface area contributed by atoms with Crippen molar-refractivity contribution in [3.05, 3.63) is 0 Å². The van der Waals surface area contributed by atoms with E-state index in [1.807, 2.05) is 5.43 Å². The van der Waals surface area contributed by atoms with Crippen molar-refractivity contribution in [2.24, 2.45) is 5.84 Å². The number of nitrogens with one attached hydrogen (secondary N) is 2. The summed E-state index contributed by atoms with van der Waals surface area (Å²) in [6.45, 7) is 0.963. The van der Waals surface area contributed by atoms with E-state index < -0.39 is 10.2 Å². The van der Waals surface area contributed by atoms with Crippen LogP contribution in [0.2, 0.25) is 0 Å². The number of carbonyl (C=O) groups excluding carboxylic acids is 1. The smallest absolute Gasteiger partial charge is 0.279 e. The third-order valence-electron chi connectivity index (χ3n) is 1.73. The van der Waals surface area contributed by atoms with Crippen molar-refractivity contribution in [3.8, 4) is 0 Å². The van der Waals surface area contributed by atoms with Crippen LogP contribution in [0.4, 0.5) is 0 Å². The Morgan fingerprint density at radius 3 is 2.77 bits per heavy atom. The van der Waals surface area contributed by atoms with E-state index in [0.29, 0.717) is 13.1 Å². The van der Waals surface area contributed by atoms with Crippen molar-refractivity contribution in [2.45, 2.75) is 6.42 Å². The summed E-state index contributed by atoms with van der Waals surface area (Å²) in [7, 11) is -3.33. The second-order valence-corrected chi connectivity index (χ2v) is 4.37. The molecular weight excluding hydrogens is 196 g/mol. The van der Waals surface area contributed by atoms with E-state index in [0.717, 1.165) is 0 Å². The highest BCUT2D eigenvalue weighted by Gasteiger charge is 2.27. The molecule has 1 aliphatic rings. The van der Waals surface area contributed by atoms with Gasteiger partial charge in [0.05, 0.1) is 0 Å². The highest BCUT2D eigenvalue weighted by atomic mass is 32.2. The first-order valence-electron chi connectivity index (χ1n) is 3.80. The Labute approximate surface area is 76.4 Å². The summed E-state index contributed by atoms with van der Waals surface area (Å²) in [5.41, 5.74) is 1.94. The number of amides is 1. The normalized spacial score (nSPS) is 21.6. The molecule has 1 aliphatic heterocycles. The quantitative estimate of drug-likeness (QED) is 0.271. The number of nitrogens with zero attached hydrogens (tertiary/aromatic N) is 1. The van der Waals surface area contributed by atoms with Gasteiger partial charge in [-0.1, -0.05) is 0 Å². The van der Waals surface area contributed by atoms with Crippen molar-refractivity contribution >= 4 is 16.1 Å². The van der Waals surface area contributed by atoms with Crippen molar-refractivity contribution in [2.75, 3.05) is 19.6 Å². The van der Waals surface area contributed by atoms with Gasteiger partial charge in [-0.15, -0.1) is 0 Å². The van der Waals surface area contributed by atoms with E-state index in [4.69, 9.17) is 5.84 Å². The average Bonchev–Trinajstić information content (AvgIpc) is 2.41. The molecule has 1 rings (SSSR count). The zero-order valence-corrected chi connectivity index (χ0v) is 7.80. The Hall–Kier alpha value is -0.700. The van der Waals surface area contributed by atoms with E-state index in [1.54, 1.807) is 0 Å². The second kappa shape index (κ2) is 4.01. The molecule has 4 N–H and O–H groups in total. The van der Waals surface area contributed by atoms with E-state index in [-0.39, 0.29) is 18.9 Å².